The van der Waals surface area contributed by atoms with E-state index >= 15 is 0 Å². The Kier molecular flexibility index (Phi) is 5.18. The highest BCUT2D eigenvalue weighted by Gasteiger charge is 2.37. The maximum Gasteiger partial charge on any atom is 0.293 e. The molecule has 4 heterocycles. The van der Waals surface area contributed by atoms with Crippen molar-refractivity contribution in [2.24, 2.45) is 7.05 Å². The number of imidazole rings is 1. The number of amides is 1. The molecule has 1 saturated heterocycles. The SMILES string of the molecule is COc1ccc(Cn2nc(C(=O)N3CCC(F)(F)CC3)nc2-c2cn(C)cn2)cn1. The van der Waals surface area contributed by atoms with Crippen molar-refractivity contribution in [3.05, 3.63) is 42.2 Å². The second-order valence-electron chi connectivity index (χ2n) is 7.20. The number of carbonyl (C=O) groups excluding carboxylic acids is 1. The Hall–Kier alpha value is -3.37. The summed E-state index contributed by atoms with van der Waals surface area (Å²) in [5.41, 5.74) is 1.38. The minimum atomic E-state index is -2.73. The molecule has 0 bridgehead atoms. The molecule has 0 spiro atoms. The van der Waals surface area contributed by atoms with Gasteiger partial charge in [-0.15, -0.1) is 5.10 Å². The lowest BCUT2D eigenvalue weighted by Gasteiger charge is -2.30. The van der Waals surface area contributed by atoms with Crippen molar-refractivity contribution in [1.82, 2.24) is 34.2 Å². The number of carbonyl (C=O) groups is 1. The Morgan fingerprint density at radius 3 is 2.60 bits per heavy atom. The van der Waals surface area contributed by atoms with Gasteiger partial charge >= 0.3 is 0 Å². The van der Waals surface area contributed by atoms with Gasteiger partial charge in [0, 0.05) is 51.4 Å². The maximum absolute atomic E-state index is 13.4. The van der Waals surface area contributed by atoms with Crippen molar-refractivity contribution in [3.8, 4) is 17.4 Å². The van der Waals surface area contributed by atoms with Crippen LogP contribution in [-0.4, -0.2) is 66.2 Å². The van der Waals surface area contributed by atoms with Gasteiger partial charge in [-0.2, -0.15) is 0 Å². The summed E-state index contributed by atoms with van der Waals surface area (Å²) < 4.78 is 35.3. The fourth-order valence-corrected chi connectivity index (χ4v) is 3.24. The van der Waals surface area contributed by atoms with Crippen LogP contribution < -0.4 is 4.74 Å². The van der Waals surface area contributed by atoms with E-state index in [1.165, 1.54) is 12.0 Å². The smallest absolute Gasteiger partial charge is 0.293 e. The van der Waals surface area contributed by atoms with Crippen molar-refractivity contribution in [1.29, 1.82) is 0 Å². The molecule has 9 nitrogen and oxygen atoms in total. The summed E-state index contributed by atoms with van der Waals surface area (Å²) in [6.45, 7) is 0.255. The highest BCUT2D eigenvalue weighted by atomic mass is 19.3. The van der Waals surface area contributed by atoms with Crippen LogP contribution in [0.15, 0.2) is 30.9 Å². The molecule has 3 aromatic heterocycles. The van der Waals surface area contributed by atoms with Crippen LogP contribution in [0.3, 0.4) is 0 Å². The Morgan fingerprint density at radius 2 is 2.00 bits per heavy atom. The Labute approximate surface area is 171 Å². The van der Waals surface area contributed by atoms with E-state index in [1.54, 1.807) is 34.0 Å². The van der Waals surface area contributed by atoms with Crippen LogP contribution in [-0.2, 0) is 13.6 Å². The van der Waals surface area contributed by atoms with Crippen LogP contribution >= 0.6 is 0 Å². The Morgan fingerprint density at radius 1 is 1.23 bits per heavy atom. The third-order valence-electron chi connectivity index (χ3n) is 4.92. The number of rotatable bonds is 5. The predicted molar refractivity (Wildman–Crippen MR) is 102 cm³/mol. The van der Waals surface area contributed by atoms with E-state index in [0.29, 0.717) is 23.9 Å². The van der Waals surface area contributed by atoms with Crippen LogP contribution in [0, 0.1) is 0 Å². The molecule has 11 heteroatoms. The van der Waals surface area contributed by atoms with Crippen LogP contribution in [0.2, 0.25) is 0 Å². The van der Waals surface area contributed by atoms with Crippen molar-refractivity contribution >= 4 is 5.91 Å². The van der Waals surface area contributed by atoms with E-state index in [4.69, 9.17) is 4.74 Å². The normalized spacial score (nSPS) is 15.9. The summed E-state index contributed by atoms with van der Waals surface area (Å²) in [4.78, 5) is 27.1. The summed E-state index contributed by atoms with van der Waals surface area (Å²) in [5.74, 6) is -2.34. The van der Waals surface area contributed by atoms with Crippen molar-refractivity contribution < 1.29 is 18.3 Å². The number of methoxy groups -OCH3 is 1. The fraction of sp³-hybridized carbons (Fsp3) is 0.421. The molecule has 1 aliphatic rings. The standard InChI is InChI=1S/C19H21F2N7O2/c1-26-11-14(23-12-26)17-24-16(18(29)27-7-5-19(20,21)6-8-27)25-28(17)10-13-3-4-15(30-2)22-9-13/h3-4,9,11-12H,5-8,10H2,1-2H3. The molecule has 1 amide bonds. The first kappa shape index (κ1) is 19.9. The summed E-state index contributed by atoms with van der Waals surface area (Å²) in [6, 6.07) is 3.57. The van der Waals surface area contributed by atoms with E-state index in [1.807, 2.05) is 13.1 Å². The zero-order valence-corrected chi connectivity index (χ0v) is 16.6. The lowest BCUT2D eigenvalue weighted by molar-refractivity contribution is -0.0496. The molecule has 30 heavy (non-hydrogen) atoms. The van der Waals surface area contributed by atoms with Crippen molar-refractivity contribution in [2.75, 3.05) is 20.2 Å². The lowest BCUT2D eigenvalue weighted by atomic mass is 10.1. The second kappa shape index (κ2) is 7.81. The predicted octanol–water partition coefficient (Wildman–Crippen LogP) is 2.00. The van der Waals surface area contributed by atoms with Crippen molar-refractivity contribution in [2.45, 2.75) is 25.3 Å². The quantitative estimate of drug-likeness (QED) is 0.631. The second-order valence-corrected chi connectivity index (χ2v) is 7.20. The van der Waals surface area contributed by atoms with Crippen LogP contribution in [0.5, 0.6) is 5.88 Å². The Balaban J connectivity index is 1.63. The third kappa shape index (κ3) is 4.14. The molecule has 0 saturated carbocycles. The number of pyridine rings is 1. The Bertz CT molecular complexity index is 1040. The van der Waals surface area contributed by atoms with Gasteiger partial charge < -0.3 is 14.2 Å². The molecule has 0 N–H and O–H groups in total. The number of halogens is 2. The van der Waals surface area contributed by atoms with E-state index in [2.05, 4.69) is 20.1 Å². The fourth-order valence-electron chi connectivity index (χ4n) is 3.24. The van der Waals surface area contributed by atoms with E-state index in [9.17, 15) is 13.6 Å². The molecule has 0 aromatic carbocycles. The number of nitrogens with zero attached hydrogens (tertiary/aromatic N) is 7. The molecule has 4 rings (SSSR count). The first-order valence-electron chi connectivity index (χ1n) is 9.44. The summed E-state index contributed by atoms with van der Waals surface area (Å²) >= 11 is 0. The number of likely N-dealkylation sites (tertiary alicyclic amines) is 1. The number of piperidine rings is 1. The zero-order chi connectivity index (χ0) is 21.3. The molecule has 0 radical (unpaired) electrons. The van der Waals surface area contributed by atoms with Crippen LogP contribution in [0.4, 0.5) is 8.78 Å². The average molecular weight is 417 g/mol. The summed E-state index contributed by atoms with van der Waals surface area (Å²) in [6.07, 6.45) is 4.32. The third-order valence-corrected chi connectivity index (χ3v) is 4.92. The number of ether oxygens (including phenoxy) is 1. The van der Waals surface area contributed by atoms with Gasteiger partial charge in [-0.1, -0.05) is 6.07 Å². The van der Waals surface area contributed by atoms with Gasteiger partial charge in [0.05, 0.1) is 20.0 Å². The van der Waals surface area contributed by atoms with E-state index in [-0.39, 0.29) is 31.8 Å². The molecule has 1 fully saturated rings. The topological polar surface area (TPSA) is 91.0 Å². The highest BCUT2D eigenvalue weighted by molar-refractivity contribution is 5.91. The highest BCUT2D eigenvalue weighted by Crippen LogP contribution is 2.28. The molecule has 1 aliphatic heterocycles. The first-order chi connectivity index (χ1) is 14.3. The van der Waals surface area contributed by atoms with E-state index < -0.39 is 11.8 Å². The molecule has 0 aliphatic carbocycles. The largest absolute Gasteiger partial charge is 0.481 e. The molecular formula is C19H21F2N7O2. The minimum absolute atomic E-state index is 0.0261. The van der Waals surface area contributed by atoms with Crippen LogP contribution in [0.25, 0.3) is 11.5 Å². The number of aromatic nitrogens is 6. The minimum Gasteiger partial charge on any atom is -0.481 e. The number of aryl methyl sites for hydroxylation is 1. The van der Waals surface area contributed by atoms with Gasteiger partial charge in [-0.3, -0.25) is 4.79 Å². The molecule has 0 atom stereocenters. The molecular weight excluding hydrogens is 396 g/mol. The monoisotopic (exact) mass is 417 g/mol. The summed E-state index contributed by atoms with van der Waals surface area (Å²) in [7, 11) is 3.36. The van der Waals surface area contributed by atoms with Gasteiger partial charge in [-0.05, 0) is 5.56 Å². The zero-order valence-electron chi connectivity index (χ0n) is 16.6. The first-order valence-corrected chi connectivity index (χ1v) is 9.44. The average Bonchev–Trinajstić information content (AvgIpc) is 3.34. The molecule has 0 unspecified atom stereocenters. The molecule has 3 aromatic rings. The number of alkyl halides is 2. The van der Waals surface area contributed by atoms with Gasteiger partial charge in [0.15, 0.2) is 5.82 Å². The number of hydrogen-bond acceptors (Lipinski definition) is 6. The van der Waals surface area contributed by atoms with Crippen LogP contribution in [0.1, 0.15) is 29.0 Å². The van der Waals surface area contributed by atoms with Gasteiger partial charge in [0.2, 0.25) is 11.7 Å². The lowest BCUT2D eigenvalue weighted by Crippen LogP contribution is -2.43. The number of hydrogen-bond donors (Lipinski definition) is 0. The van der Waals surface area contributed by atoms with Gasteiger partial charge in [0.1, 0.15) is 5.69 Å². The van der Waals surface area contributed by atoms with Gasteiger partial charge in [-0.25, -0.2) is 28.4 Å². The summed E-state index contributed by atoms with van der Waals surface area (Å²) in [5, 5.41) is 4.36. The molecule has 158 valence electrons. The maximum atomic E-state index is 13.4. The van der Waals surface area contributed by atoms with E-state index in [0.717, 1.165) is 5.56 Å². The van der Waals surface area contributed by atoms with Gasteiger partial charge in [0.25, 0.3) is 11.8 Å². The van der Waals surface area contributed by atoms with Crippen molar-refractivity contribution in [3.63, 3.8) is 0 Å².